The molecule has 3 aromatic carbocycles. The van der Waals surface area contributed by atoms with Crippen LogP contribution in [0.1, 0.15) is 111 Å². The monoisotopic (exact) mass is 1020 g/mol. The van der Waals surface area contributed by atoms with Gasteiger partial charge in [-0.05, 0) is 117 Å². The van der Waals surface area contributed by atoms with Crippen molar-refractivity contribution in [3.8, 4) is 11.5 Å². The van der Waals surface area contributed by atoms with Crippen molar-refractivity contribution in [2.75, 3.05) is 49.5 Å². The van der Waals surface area contributed by atoms with Crippen molar-refractivity contribution in [3.63, 3.8) is 0 Å². The number of anilines is 2. The number of hydrogen-bond donors (Lipinski definition) is 4. The van der Waals surface area contributed by atoms with E-state index < -0.39 is 42.9 Å². The lowest BCUT2D eigenvalue weighted by Crippen LogP contribution is -2.60. The fourth-order valence-electron chi connectivity index (χ4n) is 11.8. The Bertz CT molecular complexity index is 3110. The number of fused-ring (bicyclic) bond motifs is 1. The van der Waals surface area contributed by atoms with Crippen LogP contribution < -0.4 is 19.7 Å². The van der Waals surface area contributed by atoms with Crippen LogP contribution in [0.2, 0.25) is 0 Å². The molecule has 4 N–H and O–H groups in total. The topological polar surface area (TPSA) is 204 Å². The molecule has 17 nitrogen and oxygen atoms in total. The summed E-state index contributed by atoms with van der Waals surface area (Å²) in [4.78, 5) is 39.8. The van der Waals surface area contributed by atoms with Gasteiger partial charge < -0.3 is 25.0 Å². The molecule has 2 saturated heterocycles. The molecular weight excluding hydrogens is 952 g/mol. The van der Waals surface area contributed by atoms with Gasteiger partial charge in [-0.3, -0.25) is 29.4 Å². The number of rotatable bonds is 15. The first-order chi connectivity index (χ1) is 34.9. The Morgan fingerprint density at radius 2 is 1.78 bits per heavy atom. The maximum absolute atomic E-state index is 16.6. The summed E-state index contributed by atoms with van der Waals surface area (Å²) in [5.41, 5.74) is 3.44. The average Bonchev–Trinajstić information content (AvgIpc) is 4.01. The zero-order chi connectivity index (χ0) is 51.2. The number of aryl methyl sites for hydroxylation is 1. The highest BCUT2D eigenvalue weighted by Crippen LogP contribution is 2.54. The fourth-order valence-corrected chi connectivity index (χ4v) is 12.8. The number of aliphatic hydroxyl groups is 1. The number of piperazine rings is 1. The number of amides is 1. The molecule has 4 aliphatic rings. The minimum atomic E-state index is -4.72. The van der Waals surface area contributed by atoms with Crippen LogP contribution in [-0.4, -0.2) is 105 Å². The molecule has 1 atom stereocenters. The summed E-state index contributed by atoms with van der Waals surface area (Å²) in [6.07, 6.45) is 13.7. The Morgan fingerprint density at radius 3 is 2.51 bits per heavy atom. The zero-order valence-corrected chi connectivity index (χ0v) is 42.7. The van der Waals surface area contributed by atoms with E-state index in [1.165, 1.54) is 41.1 Å². The van der Waals surface area contributed by atoms with Gasteiger partial charge >= 0.3 is 0 Å². The normalized spacial score (nSPS) is 21.9. The van der Waals surface area contributed by atoms with Crippen LogP contribution in [0.3, 0.4) is 0 Å². The highest BCUT2D eigenvalue weighted by molar-refractivity contribution is 7.90. The molecular formula is C54H65FN10O7S. The Labute approximate surface area is 425 Å². The number of sulfonamides is 1. The average molecular weight is 1020 g/mol. The number of hydrogen-bond acceptors (Lipinski definition) is 13. The molecule has 19 heteroatoms. The molecule has 4 fully saturated rings. The first-order valence-electron chi connectivity index (χ1n) is 25.5. The van der Waals surface area contributed by atoms with Gasteiger partial charge in [-0.1, -0.05) is 38.1 Å². The summed E-state index contributed by atoms with van der Waals surface area (Å²) in [6.45, 7) is 11.6. The third-order valence-electron chi connectivity index (χ3n) is 16.0. The largest absolute Gasteiger partial charge is 0.455 e. The SMILES string of the molecule is CC(C)c1ccccc1[C@@H]1CN(Cc2cnn(C)c2)CCN1C1CC2(CCN(c3cc(Oc4cnc5[nH]ccc5c4)c(C(=O)NS(=O)(=O)c4ccc(NC[C@H]5CC[C@](C)(O)CC5)c([N+](=O)[O-])c4)cc3F)CC2)C1. The number of nitro benzene ring substituents is 1. The van der Waals surface area contributed by atoms with Crippen molar-refractivity contribution in [1.82, 2.24) is 34.3 Å². The second kappa shape index (κ2) is 20.1. The van der Waals surface area contributed by atoms with Crippen LogP contribution in [0.4, 0.5) is 21.5 Å². The number of H-pyrrole nitrogens is 1. The number of nitrogens with zero attached hydrogens (tertiary/aromatic N) is 7. The van der Waals surface area contributed by atoms with E-state index in [9.17, 15) is 28.4 Å². The second-order valence-electron chi connectivity index (χ2n) is 21.5. The fraction of sp³-hybridized carbons (Fsp3) is 0.463. The Morgan fingerprint density at radius 1 is 1.01 bits per heavy atom. The van der Waals surface area contributed by atoms with Crippen LogP contribution in [0.25, 0.3) is 11.0 Å². The van der Waals surface area contributed by atoms with Crippen LogP contribution in [0.15, 0.2) is 96.4 Å². The van der Waals surface area contributed by atoms with E-state index in [-0.39, 0.29) is 45.8 Å². The first kappa shape index (κ1) is 50.1. The minimum Gasteiger partial charge on any atom is -0.455 e. The number of benzene rings is 3. The molecule has 1 amide bonds. The van der Waals surface area contributed by atoms with E-state index in [1.807, 2.05) is 27.5 Å². The van der Waals surface area contributed by atoms with Crippen LogP contribution in [0, 0.1) is 27.3 Å². The Hall–Kier alpha value is -6.41. The second-order valence-corrected chi connectivity index (χ2v) is 23.2. The first-order valence-corrected chi connectivity index (χ1v) is 27.0. The van der Waals surface area contributed by atoms with Gasteiger partial charge in [0.1, 0.15) is 28.7 Å². The molecule has 0 unspecified atom stereocenters. The quantitative estimate of drug-likeness (QED) is 0.0561. The molecule has 2 saturated carbocycles. The number of carbonyl (C=O) groups excluding carboxylic acids is 1. The Kier molecular flexibility index (Phi) is 13.8. The number of carbonyl (C=O) groups is 1. The van der Waals surface area contributed by atoms with E-state index in [4.69, 9.17) is 4.74 Å². The number of aromatic nitrogens is 4. The van der Waals surface area contributed by atoms with Crippen LogP contribution in [0.5, 0.6) is 11.5 Å². The maximum atomic E-state index is 16.6. The maximum Gasteiger partial charge on any atom is 0.293 e. The molecule has 5 heterocycles. The summed E-state index contributed by atoms with van der Waals surface area (Å²) >= 11 is 0. The predicted octanol–water partition coefficient (Wildman–Crippen LogP) is 9.04. The molecule has 1 spiro atoms. The molecule has 73 heavy (non-hydrogen) atoms. The third kappa shape index (κ3) is 10.8. The summed E-state index contributed by atoms with van der Waals surface area (Å²) in [7, 11) is -2.77. The standard InChI is InChI=1S/C54H65FN10O7S/c1-35(2)42-7-5-6-8-43(42)49-34-62(33-37-30-59-61(4)32-37)21-22-64(49)39-27-54(28-39)16-19-63(20-17-54)47-26-50(72-40-23-38-13-18-56-51(38)58-31-40)44(25-45(47)55)52(66)60-73(70,71)41-9-10-46(48(24-41)65(68)69)57-29-36-11-14-53(3,67)15-12-36/h5-10,13,18,23-26,30-32,35-36,39,49,57,67H,11-12,14-17,19-22,27-29,33-34H2,1-4H3,(H,56,58)(H,60,66)/t36-,49-,53-/m0/s1. The van der Waals surface area contributed by atoms with E-state index in [0.717, 1.165) is 82.2 Å². The molecule has 10 rings (SSSR count). The van der Waals surface area contributed by atoms with Gasteiger partial charge in [-0.15, -0.1) is 0 Å². The van der Waals surface area contributed by atoms with Crippen molar-refractivity contribution >= 4 is 44.0 Å². The van der Waals surface area contributed by atoms with E-state index in [0.29, 0.717) is 50.1 Å². The highest BCUT2D eigenvalue weighted by Gasteiger charge is 2.50. The lowest BCUT2D eigenvalue weighted by molar-refractivity contribution is -0.384. The van der Waals surface area contributed by atoms with Gasteiger partial charge in [0.25, 0.3) is 21.6 Å². The zero-order valence-electron chi connectivity index (χ0n) is 41.9. The minimum absolute atomic E-state index is 0.0880. The molecule has 2 aliphatic heterocycles. The van der Waals surface area contributed by atoms with Crippen molar-refractivity contribution < 1.29 is 32.4 Å². The van der Waals surface area contributed by atoms with Crippen molar-refractivity contribution in [3.05, 3.63) is 130 Å². The van der Waals surface area contributed by atoms with Gasteiger partial charge in [0, 0.05) is 100 Å². The number of nitrogens with one attached hydrogen (secondary N) is 3. The molecule has 0 bridgehead atoms. The number of nitro groups is 1. The lowest BCUT2D eigenvalue weighted by atomic mass is 9.59. The molecule has 6 aromatic rings. The highest BCUT2D eigenvalue weighted by atomic mass is 32.2. The summed E-state index contributed by atoms with van der Waals surface area (Å²) < 4.78 is 54.4. The van der Waals surface area contributed by atoms with Gasteiger partial charge in [-0.25, -0.2) is 22.5 Å². The molecule has 386 valence electrons. The van der Waals surface area contributed by atoms with Gasteiger partial charge in [0.05, 0.1) is 39.1 Å². The van der Waals surface area contributed by atoms with Crippen LogP contribution >= 0.6 is 0 Å². The third-order valence-corrected chi connectivity index (χ3v) is 17.3. The number of halogens is 1. The Balaban J connectivity index is 0.848. The number of piperidine rings is 1. The molecule has 3 aromatic heterocycles. The molecule has 2 aliphatic carbocycles. The summed E-state index contributed by atoms with van der Waals surface area (Å²) in [5.74, 6) is -1.19. The van der Waals surface area contributed by atoms with Crippen molar-refractivity contribution in [2.45, 2.75) is 107 Å². The van der Waals surface area contributed by atoms with E-state index in [2.05, 4.69) is 74.5 Å². The van der Waals surface area contributed by atoms with Crippen molar-refractivity contribution in [2.24, 2.45) is 18.4 Å². The number of aromatic amines is 1. The van der Waals surface area contributed by atoms with E-state index in [1.54, 1.807) is 25.3 Å². The molecule has 0 radical (unpaired) electrons. The predicted molar refractivity (Wildman–Crippen MR) is 277 cm³/mol. The summed E-state index contributed by atoms with van der Waals surface area (Å²) in [6, 6.07) is 18.9. The lowest BCUT2D eigenvalue weighted by Gasteiger charge is -2.58. The van der Waals surface area contributed by atoms with Gasteiger partial charge in [-0.2, -0.15) is 5.10 Å². The summed E-state index contributed by atoms with van der Waals surface area (Å²) in [5, 5.41) is 30.8. The van der Waals surface area contributed by atoms with Crippen LogP contribution in [-0.2, 0) is 23.6 Å². The smallest absolute Gasteiger partial charge is 0.293 e. The van der Waals surface area contributed by atoms with Crippen molar-refractivity contribution in [1.29, 1.82) is 0 Å². The van der Waals surface area contributed by atoms with E-state index >= 15 is 4.39 Å². The number of pyridine rings is 1. The van der Waals surface area contributed by atoms with Gasteiger partial charge in [0.2, 0.25) is 0 Å². The number of ether oxygens (including phenoxy) is 1. The van der Waals surface area contributed by atoms with Gasteiger partial charge in [0.15, 0.2) is 0 Å².